The molecule has 2 aromatic rings. The molecule has 3 nitrogen and oxygen atoms in total. The van der Waals surface area contributed by atoms with Crippen LogP contribution in [-0.4, -0.2) is 17.4 Å². The fraction of sp³-hybridized carbons (Fsp3) is 0.231. The van der Waals surface area contributed by atoms with Gasteiger partial charge in [0.15, 0.2) is 0 Å². The van der Waals surface area contributed by atoms with E-state index in [9.17, 15) is 4.79 Å². The summed E-state index contributed by atoms with van der Waals surface area (Å²) in [5, 5.41) is 0. The molecule has 0 fully saturated rings. The molecule has 0 unspecified atom stereocenters. The summed E-state index contributed by atoms with van der Waals surface area (Å²) in [5.41, 5.74) is 3.43. The maximum absolute atomic E-state index is 12.4. The normalized spacial score (nSPS) is 10.2. The quantitative estimate of drug-likeness (QED) is 0.833. The van der Waals surface area contributed by atoms with Crippen LogP contribution in [0, 0.1) is 6.92 Å². The first kappa shape index (κ1) is 11.8. The van der Waals surface area contributed by atoms with Crippen molar-refractivity contribution in [3.8, 4) is 0 Å². The molecule has 2 rings (SSSR count). The maximum atomic E-state index is 12.4. The smallest absolute Gasteiger partial charge is 0.270 e. The number of carbonyl (C=O) groups excluding carboxylic acids is 1. The van der Waals surface area contributed by atoms with Gasteiger partial charge in [0.25, 0.3) is 5.91 Å². The van der Waals surface area contributed by atoms with Gasteiger partial charge in [-0.2, -0.15) is 0 Å². The Kier molecular flexibility index (Phi) is 3.54. The van der Waals surface area contributed by atoms with Crippen LogP contribution in [0.25, 0.3) is 0 Å². The summed E-state index contributed by atoms with van der Waals surface area (Å²) in [5.74, 6) is 0.0266. The van der Waals surface area contributed by atoms with Gasteiger partial charge in [-0.15, -0.1) is 11.3 Å². The van der Waals surface area contributed by atoms with Gasteiger partial charge in [0, 0.05) is 12.2 Å². The van der Waals surface area contributed by atoms with Crippen LogP contribution in [0.1, 0.15) is 22.3 Å². The second-order valence-electron chi connectivity index (χ2n) is 3.65. The molecule has 1 aromatic carbocycles. The van der Waals surface area contributed by atoms with Crippen LogP contribution < -0.4 is 4.90 Å². The summed E-state index contributed by atoms with van der Waals surface area (Å²) in [6.07, 6.45) is 0. The number of hydrogen-bond donors (Lipinski definition) is 0. The zero-order chi connectivity index (χ0) is 12.3. The van der Waals surface area contributed by atoms with Crippen molar-refractivity contribution in [1.29, 1.82) is 0 Å². The molecule has 0 bridgehead atoms. The number of nitrogens with zero attached hydrogens (tertiary/aromatic N) is 2. The molecule has 0 spiro atoms. The Morgan fingerprint density at radius 3 is 2.59 bits per heavy atom. The van der Waals surface area contributed by atoms with E-state index in [-0.39, 0.29) is 5.91 Å². The molecule has 0 aliphatic rings. The number of hydrogen-bond acceptors (Lipinski definition) is 3. The third kappa shape index (κ3) is 2.36. The van der Waals surface area contributed by atoms with E-state index >= 15 is 0 Å². The Labute approximate surface area is 105 Å². The highest BCUT2D eigenvalue weighted by Crippen LogP contribution is 2.20. The molecular formula is C13H14N2OS. The average molecular weight is 246 g/mol. The summed E-state index contributed by atoms with van der Waals surface area (Å²) in [4.78, 5) is 19.0. The fourth-order valence-electron chi connectivity index (χ4n) is 1.68. The number of para-hydroxylation sites is 1. The lowest BCUT2D eigenvalue weighted by Gasteiger charge is -2.20. The molecular weight excluding hydrogens is 232 g/mol. The van der Waals surface area contributed by atoms with Gasteiger partial charge in [-0.05, 0) is 26.0 Å². The van der Waals surface area contributed by atoms with Crippen LogP contribution in [0.5, 0.6) is 0 Å². The molecule has 0 aliphatic heterocycles. The number of anilines is 1. The number of benzene rings is 1. The monoisotopic (exact) mass is 246 g/mol. The predicted molar refractivity (Wildman–Crippen MR) is 70.6 cm³/mol. The minimum absolute atomic E-state index is 0.0266. The average Bonchev–Trinajstić information content (AvgIpc) is 2.77. The van der Waals surface area contributed by atoms with Crippen molar-refractivity contribution in [2.24, 2.45) is 0 Å². The number of thiazole rings is 1. The predicted octanol–water partition coefficient (Wildman–Crippen LogP) is 3.12. The summed E-state index contributed by atoms with van der Waals surface area (Å²) in [7, 11) is 0. The summed E-state index contributed by atoms with van der Waals surface area (Å²) in [6.45, 7) is 4.49. The minimum Gasteiger partial charge on any atom is -0.308 e. The van der Waals surface area contributed by atoms with E-state index in [1.165, 1.54) is 11.3 Å². The Morgan fingerprint density at radius 1 is 1.35 bits per heavy atom. The highest BCUT2D eigenvalue weighted by atomic mass is 32.1. The van der Waals surface area contributed by atoms with Crippen molar-refractivity contribution in [2.75, 3.05) is 11.4 Å². The van der Waals surface area contributed by atoms with Gasteiger partial charge in [-0.25, -0.2) is 4.98 Å². The first-order valence-electron chi connectivity index (χ1n) is 5.51. The van der Waals surface area contributed by atoms with E-state index in [2.05, 4.69) is 4.98 Å². The summed E-state index contributed by atoms with van der Waals surface area (Å²) < 4.78 is 0. The molecule has 1 amide bonds. The number of aromatic nitrogens is 1. The third-order valence-electron chi connectivity index (χ3n) is 2.57. The number of amides is 1. The number of rotatable bonds is 3. The van der Waals surface area contributed by atoms with Crippen molar-refractivity contribution in [3.63, 3.8) is 0 Å². The fourth-order valence-corrected chi connectivity index (χ4v) is 2.43. The molecule has 0 saturated carbocycles. The van der Waals surface area contributed by atoms with E-state index < -0.39 is 0 Å². The zero-order valence-electron chi connectivity index (χ0n) is 9.88. The second-order valence-corrected chi connectivity index (χ2v) is 4.51. The highest BCUT2D eigenvalue weighted by molar-refractivity contribution is 7.12. The molecule has 1 aromatic heterocycles. The van der Waals surface area contributed by atoms with Crippen LogP contribution in [0.4, 0.5) is 5.69 Å². The minimum atomic E-state index is 0.0266. The van der Waals surface area contributed by atoms with Crippen LogP contribution >= 0.6 is 11.3 Å². The lowest BCUT2D eigenvalue weighted by Crippen LogP contribution is -2.30. The lowest BCUT2D eigenvalue weighted by molar-refractivity contribution is 0.0991. The third-order valence-corrected chi connectivity index (χ3v) is 3.49. The molecule has 1 heterocycles. The zero-order valence-corrected chi connectivity index (χ0v) is 10.7. The second kappa shape index (κ2) is 5.10. The Bertz CT molecular complexity index is 507. The number of aryl methyl sites for hydroxylation is 1. The number of carbonyl (C=O) groups is 1. The molecule has 0 atom stereocenters. The summed E-state index contributed by atoms with van der Waals surface area (Å²) >= 11 is 1.39. The van der Waals surface area contributed by atoms with Gasteiger partial charge in [-0.1, -0.05) is 18.2 Å². The standard InChI is InChI=1S/C13H14N2OS/c1-3-15(11-7-5-4-6-8-11)13(16)12-10(2)14-9-17-12/h4-9H,3H2,1-2H3. The molecule has 4 heteroatoms. The van der Waals surface area contributed by atoms with Gasteiger partial charge in [0.1, 0.15) is 4.88 Å². The van der Waals surface area contributed by atoms with Gasteiger partial charge < -0.3 is 4.90 Å². The topological polar surface area (TPSA) is 33.2 Å². The Morgan fingerprint density at radius 2 is 2.06 bits per heavy atom. The summed E-state index contributed by atoms with van der Waals surface area (Å²) in [6, 6.07) is 9.70. The lowest BCUT2D eigenvalue weighted by atomic mass is 10.2. The molecule has 0 radical (unpaired) electrons. The van der Waals surface area contributed by atoms with E-state index in [4.69, 9.17) is 0 Å². The first-order valence-corrected chi connectivity index (χ1v) is 6.39. The van der Waals surface area contributed by atoms with Gasteiger partial charge in [0.2, 0.25) is 0 Å². The van der Waals surface area contributed by atoms with Crippen molar-refractivity contribution in [2.45, 2.75) is 13.8 Å². The van der Waals surface area contributed by atoms with Crippen LogP contribution in [-0.2, 0) is 0 Å². The van der Waals surface area contributed by atoms with Gasteiger partial charge in [-0.3, -0.25) is 4.79 Å². The highest BCUT2D eigenvalue weighted by Gasteiger charge is 2.19. The van der Waals surface area contributed by atoms with Crippen molar-refractivity contribution in [1.82, 2.24) is 4.98 Å². The largest absolute Gasteiger partial charge is 0.308 e. The molecule has 17 heavy (non-hydrogen) atoms. The van der Waals surface area contributed by atoms with Crippen molar-refractivity contribution in [3.05, 3.63) is 46.4 Å². The van der Waals surface area contributed by atoms with Crippen LogP contribution in [0.15, 0.2) is 35.8 Å². The Hall–Kier alpha value is -1.68. The molecule has 88 valence electrons. The van der Waals surface area contributed by atoms with Gasteiger partial charge in [0.05, 0.1) is 11.2 Å². The van der Waals surface area contributed by atoms with E-state index in [1.54, 1.807) is 10.4 Å². The first-order chi connectivity index (χ1) is 8.24. The van der Waals surface area contributed by atoms with E-state index in [0.717, 1.165) is 16.3 Å². The SMILES string of the molecule is CCN(C(=O)c1scnc1C)c1ccccc1. The van der Waals surface area contributed by atoms with Crippen LogP contribution in [0.3, 0.4) is 0 Å². The molecule has 0 N–H and O–H groups in total. The van der Waals surface area contributed by atoms with Gasteiger partial charge >= 0.3 is 0 Å². The van der Waals surface area contributed by atoms with E-state index in [1.807, 2.05) is 44.2 Å². The molecule has 0 aliphatic carbocycles. The Balaban J connectivity index is 2.32. The van der Waals surface area contributed by atoms with Crippen LogP contribution in [0.2, 0.25) is 0 Å². The van der Waals surface area contributed by atoms with E-state index in [0.29, 0.717) is 6.54 Å². The molecule has 0 saturated heterocycles. The maximum Gasteiger partial charge on any atom is 0.270 e. The van der Waals surface area contributed by atoms with Crippen molar-refractivity contribution >= 4 is 22.9 Å². The van der Waals surface area contributed by atoms with Crippen molar-refractivity contribution < 1.29 is 4.79 Å².